The molecule has 1 aliphatic heterocycles. The molecule has 1 aromatic heterocycles. The fourth-order valence-corrected chi connectivity index (χ4v) is 4.24. The lowest BCUT2D eigenvalue weighted by molar-refractivity contribution is -0.126. The van der Waals surface area contributed by atoms with Gasteiger partial charge in [-0.3, -0.25) is 9.89 Å². The second-order valence-electron chi connectivity index (χ2n) is 7.78. The number of anilines is 1. The Labute approximate surface area is 159 Å². The maximum Gasteiger partial charge on any atom is 0.223 e. The second-order valence-corrected chi connectivity index (χ2v) is 7.78. The summed E-state index contributed by atoms with van der Waals surface area (Å²) in [6.07, 6.45) is 7.73. The Bertz CT molecular complexity index is 767. The minimum Gasteiger partial charge on any atom is -0.353 e. The molecule has 2 aliphatic rings. The minimum atomic E-state index is -0.244. The SMILES string of the molecule is O=C(N[C@@H]1CCCN(c2cc(-c3ccc(F)cc3)[nH]n2)C1)C1CCCCC1. The molecule has 27 heavy (non-hydrogen) atoms. The summed E-state index contributed by atoms with van der Waals surface area (Å²) >= 11 is 0. The van der Waals surface area contributed by atoms with Crippen LogP contribution in [0.3, 0.4) is 0 Å². The summed E-state index contributed by atoms with van der Waals surface area (Å²) in [5.41, 5.74) is 1.78. The minimum absolute atomic E-state index is 0.180. The Morgan fingerprint density at radius 3 is 2.67 bits per heavy atom. The molecule has 0 spiro atoms. The largest absolute Gasteiger partial charge is 0.353 e. The van der Waals surface area contributed by atoms with E-state index in [0.717, 1.165) is 55.8 Å². The van der Waals surface area contributed by atoms with Crippen LogP contribution in [-0.2, 0) is 4.79 Å². The van der Waals surface area contributed by atoms with Gasteiger partial charge in [-0.2, -0.15) is 5.10 Å². The highest BCUT2D eigenvalue weighted by Gasteiger charge is 2.27. The standard InChI is InChI=1S/C21H27FN4O/c22-17-10-8-15(9-11-17)19-13-20(25-24-19)26-12-4-7-18(14-26)23-21(27)16-5-2-1-3-6-16/h8-11,13,16,18H,1-7,12,14H2,(H,23,27)(H,24,25)/t18-/m1/s1. The predicted molar refractivity (Wildman–Crippen MR) is 104 cm³/mol. The molecule has 1 saturated heterocycles. The predicted octanol–water partition coefficient (Wildman–Crippen LogP) is 3.88. The summed E-state index contributed by atoms with van der Waals surface area (Å²) in [5.74, 6) is 1.07. The van der Waals surface area contributed by atoms with Gasteiger partial charge in [0.2, 0.25) is 5.91 Å². The maximum atomic E-state index is 13.1. The Morgan fingerprint density at radius 1 is 1.11 bits per heavy atom. The molecule has 2 N–H and O–H groups in total. The number of H-pyrrole nitrogens is 1. The van der Waals surface area contributed by atoms with E-state index in [9.17, 15) is 9.18 Å². The lowest BCUT2D eigenvalue weighted by Crippen LogP contribution is -2.49. The molecular formula is C21H27FN4O. The van der Waals surface area contributed by atoms with Gasteiger partial charge in [-0.15, -0.1) is 0 Å². The fourth-order valence-electron chi connectivity index (χ4n) is 4.24. The monoisotopic (exact) mass is 370 g/mol. The summed E-state index contributed by atoms with van der Waals surface area (Å²) in [6.45, 7) is 1.72. The van der Waals surface area contributed by atoms with Crippen molar-refractivity contribution in [2.75, 3.05) is 18.0 Å². The van der Waals surface area contributed by atoms with Crippen LogP contribution in [0.1, 0.15) is 44.9 Å². The molecule has 5 nitrogen and oxygen atoms in total. The number of aromatic amines is 1. The molecule has 2 heterocycles. The first-order valence-corrected chi connectivity index (χ1v) is 10.1. The van der Waals surface area contributed by atoms with Gasteiger partial charge in [0, 0.05) is 31.1 Å². The van der Waals surface area contributed by atoms with Crippen molar-refractivity contribution in [2.24, 2.45) is 5.92 Å². The van der Waals surface area contributed by atoms with Crippen LogP contribution in [0.5, 0.6) is 0 Å². The third-order valence-corrected chi connectivity index (χ3v) is 5.79. The number of aromatic nitrogens is 2. The van der Waals surface area contributed by atoms with Crippen molar-refractivity contribution in [1.29, 1.82) is 0 Å². The van der Waals surface area contributed by atoms with Crippen LogP contribution in [0.2, 0.25) is 0 Å². The molecule has 1 aromatic carbocycles. The van der Waals surface area contributed by atoms with Crippen LogP contribution in [0.15, 0.2) is 30.3 Å². The van der Waals surface area contributed by atoms with E-state index in [2.05, 4.69) is 20.4 Å². The number of carbonyl (C=O) groups is 1. The van der Waals surface area contributed by atoms with E-state index in [1.54, 1.807) is 12.1 Å². The number of hydrogen-bond acceptors (Lipinski definition) is 3. The van der Waals surface area contributed by atoms with Crippen molar-refractivity contribution < 1.29 is 9.18 Å². The number of nitrogens with zero attached hydrogens (tertiary/aromatic N) is 2. The van der Waals surface area contributed by atoms with Crippen LogP contribution in [-0.4, -0.2) is 35.2 Å². The van der Waals surface area contributed by atoms with E-state index in [1.165, 1.54) is 31.4 Å². The molecule has 2 aromatic rings. The zero-order chi connectivity index (χ0) is 18.6. The number of carbonyl (C=O) groups excluding carboxylic acids is 1. The van der Waals surface area contributed by atoms with Gasteiger partial charge < -0.3 is 10.2 Å². The van der Waals surface area contributed by atoms with Crippen LogP contribution < -0.4 is 10.2 Å². The number of halogens is 1. The normalized spacial score (nSPS) is 21.2. The first-order chi connectivity index (χ1) is 13.2. The number of rotatable bonds is 4. The molecule has 0 radical (unpaired) electrons. The number of benzene rings is 1. The molecule has 1 atom stereocenters. The molecule has 0 unspecified atom stereocenters. The zero-order valence-corrected chi connectivity index (χ0v) is 15.6. The Morgan fingerprint density at radius 2 is 1.89 bits per heavy atom. The molecule has 144 valence electrons. The quantitative estimate of drug-likeness (QED) is 0.859. The van der Waals surface area contributed by atoms with Gasteiger partial charge in [-0.05, 0) is 55.5 Å². The molecular weight excluding hydrogens is 343 g/mol. The van der Waals surface area contributed by atoms with Gasteiger partial charge in [-0.25, -0.2) is 4.39 Å². The number of hydrogen-bond donors (Lipinski definition) is 2. The number of piperidine rings is 1. The van der Waals surface area contributed by atoms with Gasteiger partial charge in [-0.1, -0.05) is 19.3 Å². The van der Waals surface area contributed by atoms with Crippen molar-refractivity contribution in [1.82, 2.24) is 15.5 Å². The van der Waals surface area contributed by atoms with Gasteiger partial charge in [0.05, 0.1) is 5.69 Å². The van der Waals surface area contributed by atoms with E-state index in [-0.39, 0.29) is 23.7 Å². The smallest absolute Gasteiger partial charge is 0.223 e. The highest BCUT2D eigenvalue weighted by atomic mass is 19.1. The van der Waals surface area contributed by atoms with E-state index in [0.29, 0.717) is 0 Å². The Balaban J connectivity index is 1.38. The zero-order valence-electron chi connectivity index (χ0n) is 15.6. The molecule has 4 rings (SSSR count). The van der Waals surface area contributed by atoms with Gasteiger partial charge in [0.1, 0.15) is 5.82 Å². The van der Waals surface area contributed by atoms with Crippen molar-refractivity contribution in [2.45, 2.75) is 51.0 Å². The average Bonchev–Trinajstić information content (AvgIpc) is 3.20. The van der Waals surface area contributed by atoms with E-state index in [1.807, 2.05) is 6.07 Å². The average molecular weight is 370 g/mol. The Hall–Kier alpha value is -2.37. The summed E-state index contributed by atoms with van der Waals surface area (Å²) in [7, 11) is 0. The molecule has 6 heteroatoms. The molecule has 1 aliphatic carbocycles. The van der Waals surface area contributed by atoms with E-state index >= 15 is 0 Å². The third kappa shape index (κ3) is 4.31. The summed E-state index contributed by atoms with van der Waals surface area (Å²) in [5, 5.41) is 10.8. The van der Waals surface area contributed by atoms with Gasteiger partial charge in [0.25, 0.3) is 0 Å². The highest BCUT2D eigenvalue weighted by Crippen LogP contribution is 2.26. The van der Waals surface area contributed by atoms with E-state index in [4.69, 9.17) is 0 Å². The summed E-state index contributed by atoms with van der Waals surface area (Å²) in [6, 6.07) is 8.57. The van der Waals surface area contributed by atoms with Crippen molar-refractivity contribution in [3.8, 4) is 11.3 Å². The fraction of sp³-hybridized carbons (Fsp3) is 0.524. The second kappa shape index (κ2) is 8.11. The van der Waals surface area contributed by atoms with Crippen LogP contribution in [0, 0.1) is 11.7 Å². The molecule has 2 fully saturated rings. The lowest BCUT2D eigenvalue weighted by Gasteiger charge is -2.34. The van der Waals surface area contributed by atoms with Crippen molar-refractivity contribution >= 4 is 11.7 Å². The summed E-state index contributed by atoms with van der Waals surface area (Å²) in [4.78, 5) is 14.8. The number of nitrogens with one attached hydrogen (secondary N) is 2. The topological polar surface area (TPSA) is 61.0 Å². The maximum absolute atomic E-state index is 13.1. The van der Waals surface area contributed by atoms with Gasteiger partial charge >= 0.3 is 0 Å². The van der Waals surface area contributed by atoms with Gasteiger partial charge in [0.15, 0.2) is 5.82 Å². The molecule has 0 bridgehead atoms. The van der Waals surface area contributed by atoms with Crippen molar-refractivity contribution in [3.05, 3.63) is 36.1 Å². The Kier molecular flexibility index (Phi) is 5.41. The van der Waals surface area contributed by atoms with Crippen molar-refractivity contribution in [3.63, 3.8) is 0 Å². The first-order valence-electron chi connectivity index (χ1n) is 10.1. The van der Waals surface area contributed by atoms with Crippen LogP contribution in [0.4, 0.5) is 10.2 Å². The van der Waals surface area contributed by atoms with Crippen LogP contribution in [0.25, 0.3) is 11.3 Å². The third-order valence-electron chi connectivity index (χ3n) is 5.79. The van der Waals surface area contributed by atoms with E-state index < -0.39 is 0 Å². The molecule has 1 amide bonds. The van der Waals surface area contributed by atoms with Crippen LogP contribution >= 0.6 is 0 Å². The highest BCUT2D eigenvalue weighted by molar-refractivity contribution is 5.79. The summed E-state index contributed by atoms with van der Waals surface area (Å²) < 4.78 is 13.1. The number of amides is 1. The lowest BCUT2D eigenvalue weighted by atomic mass is 9.88. The molecule has 1 saturated carbocycles. The first kappa shape index (κ1) is 18.0.